The first kappa shape index (κ1) is 31.7. The molecule has 1 aromatic carbocycles. The van der Waals surface area contributed by atoms with E-state index >= 15 is 0 Å². The number of aliphatic hydroxyl groups excluding tert-OH is 1. The van der Waals surface area contributed by atoms with Gasteiger partial charge in [0.1, 0.15) is 18.1 Å². The highest BCUT2D eigenvalue weighted by Crippen LogP contribution is 2.18. The zero-order valence-corrected chi connectivity index (χ0v) is 21.9. The molecule has 0 saturated carbocycles. The van der Waals surface area contributed by atoms with E-state index in [0.29, 0.717) is 0 Å². The van der Waals surface area contributed by atoms with Crippen LogP contribution in [0.25, 0.3) is 10.9 Å². The third-order valence-electron chi connectivity index (χ3n) is 6.12. The number of H-pyrrole nitrogens is 1. The molecule has 5 atom stereocenters. The van der Waals surface area contributed by atoms with Crippen molar-refractivity contribution in [2.75, 3.05) is 0 Å². The van der Waals surface area contributed by atoms with E-state index < -0.39 is 65.8 Å². The molecule has 5 amide bonds. The number of nitrogens with two attached hydrogens (primary N) is 3. The highest BCUT2D eigenvalue weighted by Gasteiger charge is 2.32. The summed E-state index contributed by atoms with van der Waals surface area (Å²) in [6, 6.07) is 1.79. The summed E-state index contributed by atoms with van der Waals surface area (Å²) in [5.41, 5.74) is 17.9. The zero-order chi connectivity index (χ0) is 30.0. The lowest BCUT2D eigenvalue weighted by molar-refractivity contribution is -0.143. The van der Waals surface area contributed by atoms with Crippen molar-refractivity contribution in [3.63, 3.8) is 0 Å². The minimum Gasteiger partial charge on any atom is -0.480 e. The quantitative estimate of drug-likeness (QED) is 0.104. The van der Waals surface area contributed by atoms with Gasteiger partial charge in [0.2, 0.25) is 29.5 Å². The Balaban J connectivity index is 2.12. The highest BCUT2D eigenvalue weighted by atomic mass is 16.4. The van der Waals surface area contributed by atoms with E-state index in [-0.39, 0.29) is 32.1 Å². The predicted octanol–water partition coefficient (Wildman–Crippen LogP) is -2.51. The fourth-order valence-electron chi connectivity index (χ4n) is 3.93. The fraction of sp³-hybridized carbons (Fsp3) is 0.440. The Labute approximate surface area is 229 Å². The smallest absolute Gasteiger partial charge is 0.326 e. The number of amides is 5. The van der Waals surface area contributed by atoms with Crippen LogP contribution >= 0.6 is 0 Å². The summed E-state index contributed by atoms with van der Waals surface area (Å²) in [4.78, 5) is 75.6. The number of para-hydroxylation sites is 1. The monoisotopic (exact) mass is 561 g/mol. The minimum absolute atomic E-state index is 0.121. The molecule has 0 aliphatic carbocycles. The Morgan fingerprint density at radius 2 is 1.45 bits per heavy atom. The third kappa shape index (κ3) is 9.36. The highest BCUT2D eigenvalue weighted by molar-refractivity contribution is 5.95. The van der Waals surface area contributed by atoms with Crippen molar-refractivity contribution in [1.29, 1.82) is 0 Å². The van der Waals surface area contributed by atoms with Crippen LogP contribution in [0.4, 0.5) is 0 Å². The van der Waals surface area contributed by atoms with E-state index in [0.717, 1.165) is 16.5 Å². The number of carboxylic acids is 1. The number of aromatic amines is 1. The number of hydrogen-bond acceptors (Lipinski definition) is 8. The summed E-state index contributed by atoms with van der Waals surface area (Å²) in [7, 11) is 0. The van der Waals surface area contributed by atoms with Crippen molar-refractivity contribution in [2.45, 2.75) is 69.3 Å². The van der Waals surface area contributed by atoms with Gasteiger partial charge in [0.05, 0.1) is 12.1 Å². The van der Waals surface area contributed by atoms with E-state index in [4.69, 9.17) is 17.2 Å². The van der Waals surface area contributed by atoms with Gasteiger partial charge in [-0.25, -0.2) is 4.79 Å². The summed E-state index contributed by atoms with van der Waals surface area (Å²) >= 11 is 0. The molecular formula is C25H35N7O8. The lowest BCUT2D eigenvalue weighted by Gasteiger charge is -2.26. The molecule has 2 aromatic rings. The second-order valence-corrected chi connectivity index (χ2v) is 9.37. The summed E-state index contributed by atoms with van der Waals surface area (Å²) in [5, 5.41) is 27.3. The molecule has 40 heavy (non-hydrogen) atoms. The second-order valence-electron chi connectivity index (χ2n) is 9.37. The Morgan fingerprint density at radius 1 is 0.875 bits per heavy atom. The molecule has 0 aliphatic rings. The van der Waals surface area contributed by atoms with E-state index in [1.165, 1.54) is 6.92 Å². The first-order chi connectivity index (χ1) is 18.8. The average molecular weight is 562 g/mol. The Hall–Kier alpha value is -4.50. The van der Waals surface area contributed by atoms with Gasteiger partial charge in [0.25, 0.3) is 0 Å². The molecule has 15 heteroatoms. The molecule has 5 unspecified atom stereocenters. The Bertz CT molecular complexity index is 1240. The van der Waals surface area contributed by atoms with E-state index in [1.54, 1.807) is 6.20 Å². The van der Waals surface area contributed by atoms with Crippen LogP contribution in [-0.2, 0) is 35.2 Å². The van der Waals surface area contributed by atoms with Gasteiger partial charge in [0.15, 0.2) is 0 Å². The molecule has 12 N–H and O–H groups in total. The molecule has 1 aromatic heterocycles. The number of aliphatic carboxylic acids is 1. The average Bonchev–Trinajstić information content (AvgIpc) is 3.28. The molecule has 218 valence electrons. The first-order valence-electron chi connectivity index (χ1n) is 12.5. The number of fused-ring (bicyclic) bond motifs is 1. The SMILES string of the molecule is CC(O)C(NC(=O)C(N)Cc1c[nH]c2ccccc12)C(=O)NC(CCC(N)=O)C(=O)NC(CCC(N)=O)C(=O)O. The first-order valence-corrected chi connectivity index (χ1v) is 12.5. The van der Waals surface area contributed by atoms with E-state index in [2.05, 4.69) is 20.9 Å². The molecule has 1 heterocycles. The van der Waals surface area contributed by atoms with Crippen LogP contribution in [0.5, 0.6) is 0 Å². The zero-order valence-electron chi connectivity index (χ0n) is 21.9. The van der Waals surface area contributed by atoms with Gasteiger partial charge >= 0.3 is 5.97 Å². The van der Waals surface area contributed by atoms with Gasteiger partial charge in [-0.05, 0) is 37.8 Å². The van der Waals surface area contributed by atoms with Crippen molar-refractivity contribution < 1.29 is 39.0 Å². The number of carbonyl (C=O) groups is 6. The fourth-order valence-corrected chi connectivity index (χ4v) is 3.93. The van der Waals surface area contributed by atoms with E-state index in [1.807, 2.05) is 24.3 Å². The van der Waals surface area contributed by atoms with Crippen LogP contribution < -0.4 is 33.2 Å². The molecular weight excluding hydrogens is 526 g/mol. The molecule has 0 aliphatic heterocycles. The molecule has 0 spiro atoms. The number of benzene rings is 1. The maximum Gasteiger partial charge on any atom is 0.326 e. The number of carbonyl (C=O) groups excluding carboxylic acids is 5. The van der Waals surface area contributed by atoms with E-state index in [9.17, 15) is 39.0 Å². The topological polar surface area (TPSA) is 273 Å². The minimum atomic E-state index is -1.55. The van der Waals surface area contributed by atoms with Crippen LogP contribution in [0.1, 0.15) is 38.2 Å². The second kappa shape index (κ2) is 14.6. The molecule has 0 saturated heterocycles. The lowest BCUT2D eigenvalue weighted by Crippen LogP contribution is -2.60. The molecule has 0 bridgehead atoms. The van der Waals surface area contributed by atoms with Gasteiger partial charge < -0.3 is 48.3 Å². The number of rotatable bonds is 16. The van der Waals surface area contributed by atoms with Gasteiger partial charge in [0, 0.05) is 29.9 Å². The van der Waals surface area contributed by atoms with Crippen LogP contribution in [-0.4, -0.2) is 81.0 Å². The third-order valence-corrected chi connectivity index (χ3v) is 6.12. The maximum absolute atomic E-state index is 13.0. The van der Waals surface area contributed by atoms with Crippen LogP contribution in [0.2, 0.25) is 0 Å². The van der Waals surface area contributed by atoms with Crippen molar-refractivity contribution in [2.24, 2.45) is 17.2 Å². The molecule has 0 radical (unpaired) electrons. The maximum atomic E-state index is 13.0. The largest absolute Gasteiger partial charge is 0.480 e. The Morgan fingerprint density at radius 3 is 2.02 bits per heavy atom. The van der Waals surface area contributed by atoms with Crippen LogP contribution in [0, 0.1) is 0 Å². The number of hydrogen-bond donors (Lipinski definition) is 9. The van der Waals surface area contributed by atoms with Gasteiger partial charge in [-0.15, -0.1) is 0 Å². The number of nitrogens with one attached hydrogen (secondary N) is 4. The standard InChI is InChI=1S/C25H35N7O8/c1-12(33)21(32-22(36)15(26)10-13-11-29-16-5-3-2-4-14(13)16)24(38)30-17(6-8-19(27)34)23(37)31-18(25(39)40)7-9-20(28)35/h2-5,11-12,15,17-18,21,29,33H,6-10,26H2,1H3,(H2,27,34)(H2,28,35)(H,30,38)(H,31,37)(H,32,36)(H,39,40). The summed E-state index contributed by atoms with van der Waals surface area (Å²) in [6.07, 6.45) is -0.889. The van der Waals surface area contributed by atoms with Crippen molar-refractivity contribution in [1.82, 2.24) is 20.9 Å². The predicted molar refractivity (Wildman–Crippen MR) is 142 cm³/mol. The molecule has 15 nitrogen and oxygen atoms in total. The Kier molecular flexibility index (Phi) is 11.6. The number of primary amides is 2. The summed E-state index contributed by atoms with van der Waals surface area (Å²) in [6.45, 7) is 1.23. The van der Waals surface area contributed by atoms with Crippen molar-refractivity contribution in [3.8, 4) is 0 Å². The van der Waals surface area contributed by atoms with Crippen molar-refractivity contribution >= 4 is 46.4 Å². The normalized spacial score (nSPS) is 14.8. The van der Waals surface area contributed by atoms with Gasteiger partial charge in [-0.3, -0.25) is 24.0 Å². The van der Waals surface area contributed by atoms with Gasteiger partial charge in [-0.2, -0.15) is 0 Å². The lowest BCUT2D eigenvalue weighted by atomic mass is 10.0. The number of carboxylic acid groups (broad SMARTS) is 1. The van der Waals surface area contributed by atoms with Gasteiger partial charge in [-0.1, -0.05) is 18.2 Å². The number of aliphatic hydroxyl groups is 1. The van der Waals surface area contributed by atoms with Crippen LogP contribution in [0.3, 0.4) is 0 Å². The van der Waals surface area contributed by atoms with Crippen molar-refractivity contribution in [3.05, 3.63) is 36.0 Å². The number of aromatic nitrogens is 1. The summed E-state index contributed by atoms with van der Waals surface area (Å²) < 4.78 is 0. The molecule has 2 rings (SSSR count). The molecule has 0 fully saturated rings. The summed E-state index contributed by atoms with van der Waals surface area (Å²) in [5.74, 6) is -5.75. The van der Waals surface area contributed by atoms with Crippen LogP contribution in [0.15, 0.2) is 30.5 Å².